The van der Waals surface area contributed by atoms with Crippen LogP contribution in [0.1, 0.15) is 39.4 Å². The van der Waals surface area contributed by atoms with E-state index in [9.17, 15) is 4.79 Å². The minimum Gasteiger partial charge on any atom is -0.399 e. The van der Waals surface area contributed by atoms with Crippen LogP contribution >= 0.6 is 0 Å². The Morgan fingerprint density at radius 3 is 2.65 bits per heavy atom. The fraction of sp³-hybridized carbons (Fsp3) is 0.467. The molecule has 0 saturated heterocycles. The summed E-state index contributed by atoms with van der Waals surface area (Å²) >= 11 is 0. The molecule has 0 unspecified atom stereocenters. The highest BCUT2D eigenvalue weighted by Gasteiger charge is 2.22. The Labute approximate surface area is 119 Å². The van der Waals surface area contributed by atoms with Gasteiger partial charge in [0, 0.05) is 24.1 Å². The number of hydrogen-bond acceptors (Lipinski definition) is 3. The molecule has 0 radical (unpaired) electrons. The van der Waals surface area contributed by atoms with E-state index < -0.39 is 0 Å². The third kappa shape index (κ3) is 2.92. The van der Waals surface area contributed by atoms with Crippen LogP contribution in [0, 0.1) is 0 Å². The summed E-state index contributed by atoms with van der Waals surface area (Å²) in [5.41, 5.74) is 13.6. The van der Waals surface area contributed by atoms with Gasteiger partial charge in [-0.15, -0.1) is 0 Å². The van der Waals surface area contributed by atoms with Gasteiger partial charge in [-0.05, 0) is 24.6 Å². The second-order valence-electron chi connectivity index (χ2n) is 6.16. The lowest BCUT2D eigenvalue weighted by Gasteiger charge is -2.20. The number of amides is 1. The molecule has 1 amide bonds. The third-order valence-electron chi connectivity index (χ3n) is 3.25. The number of nitrogen functional groups attached to an aromatic ring is 1. The van der Waals surface area contributed by atoms with Crippen molar-refractivity contribution < 1.29 is 4.79 Å². The smallest absolute Gasteiger partial charge is 0.217 e. The molecule has 5 nitrogen and oxygen atoms in total. The number of hydrogen-bond donors (Lipinski definition) is 2. The Morgan fingerprint density at radius 1 is 1.35 bits per heavy atom. The highest BCUT2D eigenvalue weighted by Crippen LogP contribution is 2.27. The molecule has 0 aliphatic rings. The molecule has 0 aliphatic carbocycles. The number of aryl methyl sites for hydroxylation is 1. The van der Waals surface area contributed by atoms with E-state index in [2.05, 4.69) is 25.3 Å². The molecule has 108 valence electrons. The quantitative estimate of drug-likeness (QED) is 0.838. The van der Waals surface area contributed by atoms with Crippen molar-refractivity contribution in [2.75, 3.05) is 5.73 Å². The number of fused-ring (bicyclic) bond motifs is 1. The van der Waals surface area contributed by atoms with Crippen molar-refractivity contribution in [3.8, 4) is 0 Å². The van der Waals surface area contributed by atoms with E-state index in [1.165, 1.54) is 0 Å². The molecule has 0 saturated carbocycles. The number of nitrogens with zero attached hydrogens (tertiary/aromatic N) is 2. The van der Waals surface area contributed by atoms with Gasteiger partial charge in [0.05, 0.1) is 11.0 Å². The molecular formula is C15H22N4O. The van der Waals surface area contributed by atoms with Crippen LogP contribution in [0.5, 0.6) is 0 Å². The van der Waals surface area contributed by atoms with Crippen molar-refractivity contribution in [3.05, 3.63) is 24.0 Å². The van der Waals surface area contributed by atoms with Crippen molar-refractivity contribution >= 4 is 22.6 Å². The first-order valence-corrected chi connectivity index (χ1v) is 6.83. The van der Waals surface area contributed by atoms with Crippen molar-refractivity contribution in [2.45, 2.75) is 45.6 Å². The van der Waals surface area contributed by atoms with Gasteiger partial charge in [-0.1, -0.05) is 20.8 Å². The molecule has 2 rings (SSSR count). The lowest BCUT2D eigenvalue weighted by molar-refractivity contribution is -0.118. The maximum atomic E-state index is 10.9. The minimum absolute atomic E-state index is 0.0689. The highest BCUT2D eigenvalue weighted by molar-refractivity contribution is 5.80. The number of aromatic nitrogens is 2. The Balaban J connectivity index is 2.45. The maximum absolute atomic E-state index is 10.9. The zero-order valence-electron chi connectivity index (χ0n) is 12.3. The molecule has 0 atom stereocenters. The van der Waals surface area contributed by atoms with Crippen LogP contribution in [0.25, 0.3) is 11.0 Å². The van der Waals surface area contributed by atoms with Crippen molar-refractivity contribution in [2.24, 2.45) is 5.73 Å². The standard InChI is InChI=1S/C15H22N4O/c1-15(2,3)14-18-11-9-10(16)6-7-12(11)19(14)8-4-5-13(17)20/h6-7,9H,4-5,8,16H2,1-3H3,(H2,17,20). The van der Waals surface area contributed by atoms with Gasteiger partial charge in [0.1, 0.15) is 5.82 Å². The Hall–Kier alpha value is -2.04. The molecular weight excluding hydrogens is 252 g/mol. The zero-order valence-corrected chi connectivity index (χ0v) is 12.3. The van der Waals surface area contributed by atoms with Gasteiger partial charge in [-0.2, -0.15) is 0 Å². The van der Waals surface area contributed by atoms with E-state index in [1.807, 2.05) is 18.2 Å². The number of imidazole rings is 1. The fourth-order valence-electron chi connectivity index (χ4n) is 2.36. The van der Waals surface area contributed by atoms with Crippen molar-refractivity contribution in [3.63, 3.8) is 0 Å². The molecule has 0 spiro atoms. The number of primary amides is 1. The lowest BCUT2D eigenvalue weighted by Crippen LogP contribution is -2.20. The van der Waals surface area contributed by atoms with Crippen LogP contribution < -0.4 is 11.5 Å². The highest BCUT2D eigenvalue weighted by atomic mass is 16.1. The Kier molecular flexibility index (Phi) is 3.70. The van der Waals surface area contributed by atoms with Gasteiger partial charge in [0.2, 0.25) is 5.91 Å². The van der Waals surface area contributed by atoms with Gasteiger partial charge in [-0.25, -0.2) is 4.98 Å². The fourth-order valence-corrected chi connectivity index (χ4v) is 2.36. The molecule has 2 aromatic rings. The molecule has 5 heteroatoms. The van der Waals surface area contributed by atoms with Gasteiger partial charge in [-0.3, -0.25) is 4.79 Å². The van der Waals surface area contributed by atoms with E-state index in [0.29, 0.717) is 18.5 Å². The first-order valence-electron chi connectivity index (χ1n) is 6.83. The summed E-state index contributed by atoms with van der Waals surface area (Å²) in [6, 6.07) is 5.74. The van der Waals surface area contributed by atoms with Gasteiger partial charge < -0.3 is 16.0 Å². The van der Waals surface area contributed by atoms with E-state index in [0.717, 1.165) is 23.4 Å². The topological polar surface area (TPSA) is 86.9 Å². The summed E-state index contributed by atoms with van der Waals surface area (Å²) in [4.78, 5) is 15.6. The number of benzene rings is 1. The van der Waals surface area contributed by atoms with Crippen LogP contribution in [0.15, 0.2) is 18.2 Å². The lowest BCUT2D eigenvalue weighted by atomic mass is 9.95. The summed E-state index contributed by atoms with van der Waals surface area (Å²) in [7, 11) is 0. The van der Waals surface area contributed by atoms with Crippen molar-refractivity contribution in [1.82, 2.24) is 9.55 Å². The number of nitrogens with two attached hydrogens (primary N) is 2. The van der Waals surface area contributed by atoms with Crippen LogP contribution in [0.3, 0.4) is 0 Å². The van der Waals surface area contributed by atoms with E-state index in [4.69, 9.17) is 16.5 Å². The first-order chi connectivity index (χ1) is 9.29. The summed E-state index contributed by atoms with van der Waals surface area (Å²) in [6.45, 7) is 7.11. The molecule has 20 heavy (non-hydrogen) atoms. The average Bonchev–Trinajstić information content (AvgIpc) is 2.66. The van der Waals surface area contributed by atoms with E-state index in [1.54, 1.807) is 0 Å². The van der Waals surface area contributed by atoms with E-state index >= 15 is 0 Å². The third-order valence-corrected chi connectivity index (χ3v) is 3.25. The SMILES string of the molecule is CC(C)(C)c1nc2cc(N)ccc2n1CCCC(N)=O. The number of anilines is 1. The normalized spacial score (nSPS) is 11.9. The van der Waals surface area contributed by atoms with Crippen LogP contribution in [-0.2, 0) is 16.8 Å². The number of carbonyl (C=O) groups is 1. The summed E-state index contributed by atoms with van der Waals surface area (Å²) in [5, 5.41) is 0. The average molecular weight is 274 g/mol. The van der Waals surface area contributed by atoms with Crippen LogP contribution in [0.4, 0.5) is 5.69 Å². The maximum Gasteiger partial charge on any atom is 0.217 e. The number of rotatable bonds is 4. The van der Waals surface area contributed by atoms with Gasteiger partial charge >= 0.3 is 0 Å². The predicted molar refractivity (Wildman–Crippen MR) is 81.3 cm³/mol. The van der Waals surface area contributed by atoms with Crippen LogP contribution in [0.2, 0.25) is 0 Å². The summed E-state index contributed by atoms with van der Waals surface area (Å²) < 4.78 is 2.16. The first kappa shape index (κ1) is 14.4. The molecule has 4 N–H and O–H groups in total. The summed E-state index contributed by atoms with van der Waals surface area (Å²) in [5.74, 6) is 0.735. The molecule has 0 aliphatic heterocycles. The molecule has 1 aromatic heterocycles. The van der Waals surface area contributed by atoms with Gasteiger partial charge in [0.25, 0.3) is 0 Å². The molecule has 1 aromatic carbocycles. The largest absolute Gasteiger partial charge is 0.399 e. The zero-order chi connectivity index (χ0) is 14.9. The van der Waals surface area contributed by atoms with E-state index in [-0.39, 0.29) is 11.3 Å². The molecule has 0 bridgehead atoms. The predicted octanol–water partition coefficient (Wildman–Crippen LogP) is 2.18. The molecule has 0 fully saturated rings. The number of carbonyl (C=O) groups excluding carboxylic acids is 1. The van der Waals surface area contributed by atoms with Crippen LogP contribution in [-0.4, -0.2) is 15.5 Å². The van der Waals surface area contributed by atoms with Crippen molar-refractivity contribution in [1.29, 1.82) is 0 Å². The second-order valence-corrected chi connectivity index (χ2v) is 6.16. The minimum atomic E-state index is -0.268. The monoisotopic (exact) mass is 274 g/mol. The Morgan fingerprint density at radius 2 is 2.05 bits per heavy atom. The molecule has 1 heterocycles. The second kappa shape index (κ2) is 5.15. The summed E-state index contributed by atoms with van der Waals surface area (Å²) in [6.07, 6.45) is 1.10. The Bertz CT molecular complexity index is 637. The van der Waals surface area contributed by atoms with Gasteiger partial charge in [0.15, 0.2) is 0 Å².